The third-order valence-electron chi connectivity index (χ3n) is 8.81. The number of sulfonamides is 1. The van der Waals surface area contributed by atoms with E-state index in [4.69, 9.17) is 16.7 Å². The highest BCUT2D eigenvalue weighted by Crippen LogP contribution is 2.68. The van der Waals surface area contributed by atoms with Crippen molar-refractivity contribution in [3.05, 3.63) is 73.7 Å². The Hall–Kier alpha value is -2.97. The van der Waals surface area contributed by atoms with Crippen molar-refractivity contribution in [1.82, 2.24) is 9.88 Å². The predicted molar refractivity (Wildman–Crippen MR) is 153 cm³/mol. The number of rotatable bonds is 5. The summed E-state index contributed by atoms with van der Waals surface area (Å²) in [6.07, 6.45) is 0.745. The lowest BCUT2D eigenvalue weighted by Gasteiger charge is -2.43. The number of anilines is 1. The lowest BCUT2D eigenvalue weighted by atomic mass is 9.68. The average molecular weight is 631 g/mol. The van der Waals surface area contributed by atoms with Crippen LogP contribution in [0.15, 0.2) is 63.2 Å². The van der Waals surface area contributed by atoms with Crippen LogP contribution in [0.5, 0.6) is 0 Å². The van der Waals surface area contributed by atoms with Gasteiger partial charge in [0.15, 0.2) is 0 Å². The van der Waals surface area contributed by atoms with E-state index in [2.05, 4.69) is 10.3 Å². The molecule has 3 heterocycles. The van der Waals surface area contributed by atoms with Gasteiger partial charge in [0.05, 0.1) is 21.8 Å². The standard InChI is InChI=1S/C27H23ClN4O6S3/c28-12-3-1-11(2-4-12)18-19-15-9-16(22(19)39-24-23(18)40-27(36)31-24)21-20(15)25(34)32(26(21)35)10-17(33)30-13-5-7-14(8-6-13)41(29,37)38/h1-8,15-16,18-22H,9-10H2,(H,30,33)(H,31,36)(H2,29,37,38). The summed E-state index contributed by atoms with van der Waals surface area (Å²) >= 11 is 8.96. The number of thioether (sulfide) groups is 1. The average Bonchev–Trinajstić information content (AvgIpc) is 3.65. The molecule has 2 bridgehead atoms. The maximum absolute atomic E-state index is 13.7. The Kier molecular flexibility index (Phi) is 6.25. The van der Waals surface area contributed by atoms with Crippen LogP contribution in [0.2, 0.25) is 5.02 Å². The van der Waals surface area contributed by atoms with Crippen molar-refractivity contribution in [2.45, 2.75) is 27.5 Å². The van der Waals surface area contributed by atoms with E-state index >= 15 is 0 Å². The molecule has 10 nitrogen and oxygen atoms in total. The molecule has 4 aliphatic rings. The van der Waals surface area contributed by atoms with Crippen LogP contribution in [0.4, 0.5) is 5.69 Å². The molecule has 2 aliphatic heterocycles. The number of hydrogen-bond acceptors (Lipinski definition) is 8. The molecule has 1 saturated heterocycles. The van der Waals surface area contributed by atoms with Gasteiger partial charge in [-0.2, -0.15) is 0 Å². The predicted octanol–water partition coefficient (Wildman–Crippen LogP) is 2.85. The second-order valence-electron chi connectivity index (χ2n) is 10.9. The molecule has 2 aliphatic carbocycles. The van der Waals surface area contributed by atoms with E-state index in [1.807, 2.05) is 24.3 Å². The maximum Gasteiger partial charge on any atom is 0.305 e. The summed E-state index contributed by atoms with van der Waals surface area (Å²) in [5.41, 5.74) is 1.34. The van der Waals surface area contributed by atoms with Crippen LogP contribution in [0, 0.1) is 29.6 Å². The maximum atomic E-state index is 13.7. The number of halogens is 1. The fourth-order valence-electron chi connectivity index (χ4n) is 7.35. The molecule has 7 unspecified atom stereocenters. The van der Waals surface area contributed by atoms with Gasteiger partial charge >= 0.3 is 4.87 Å². The Morgan fingerprint density at radius 1 is 1.02 bits per heavy atom. The lowest BCUT2D eigenvalue weighted by Crippen LogP contribution is -2.42. The van der Waals surface area contributed by atoms with Crippen LogP contribution >= 0.6 is 34.7 Å². The van der Waals surface area contributed by atoms with Crippen LogP contribution < -0.4 is 15.3 Å². The SMILES string of the molecule is NS(=O)(=O)c1ccc(NC(=O)CN2C(=O)C3C4CC(C3C2=O)C2C(c3ccc(Cl)cc3)c3sc(=O)[nH]c3SC42)cc1. The van der Waals surface area contributed by atoms with Crippen LogP contribution in [-0.2, 0) is 24.4 Å². The molecule has 1 aromatic heterocycles. The zero-order valence-corrected chi connectivity index (χ0v) is 24.4. The molecule has 7 rings (SSSR count). The summed E-state index contributed by atoms with van der Waals surface area (Å²) in [7, 11) is -3.88. The second-order valence-corrected chi connectivity index (χ2v) is 15.1. The van der Waals surface area contributed by atoms with Crippen LogP contribution in [0.3, 0.4) is 0 Å². The molecule has 7 atom stereocenters. The zero-order valence-electron chi connectivity index (χ0n) is 21.2. The van der Waals surface area contributed by atoms with Crippen molar-refractivity contribution in [2.24, 2.45) is 34.7 Å². The smallest absolute Gasteiger partial charge is 0.305 e. The molecule has 4 N–H and O–H groups in total. The number of carbonyl (C=O) groups excluding carboxylic acids is 3. The third-order valence-corrected chi connectivity index (χ3v) is 12.6. The number of likely N-dealkylation sites (tertiary alicyclic amines) is 1. The van der Waals surface area contributed by atoms with Crippen LogP contribution in [0.25, 0.3) is 0 Å². The number of nitrogens with zero attached hydrogens (tertiary/aromatic N) is 1. The van der Waals surface area contributed by atoms with Crippen molar-refractivity contribution in [3.8, 4) is 0 Å². The summed E-state index contributed by atoms with van der Waals surface area (Å²) in [6, 6.07) is 12.9. The van der Waals surface area contributed by atoms with Crippen molar-refractivity contribution >= 4 is 68.1 Å². The van der Waals surface area contributed by atoms with Gasteiger partial charge in [-0.1, -0.05) is 35.1 Å². The number of carbonyl (C=O) groups is 3. The molecule has 2 aromatic carbocycles. The number of amides is 3. The number of primary sulfonamides is 1. The van der Waals surface area contributed by atoms with Gasteiger partial charge in [-0.05, 0) is 66.1 Å². The molecule has 3 aromatic rings. The Bertz CT molecular complexity index is 1770. The van der Waals surface area contributed by atoms with Gasteiger partial charge in [-0.3, -0.25) is 24.1 Å². The Balaban J connectivity index is 1.14. The highest BCUT2D eigenvalue weighted by atomic mass is 35.5. The minimum absolute atomic E-state index is 0.0440. The van der Waals surface area contributed by atoms with E-state index < -0.39 is 34.3 Å². The quantitative estimate of drug-likeness (QED) is 0.366. The number of H-pyrrole nitrogens is 1. The number of nitrogens with two attached hydrogens (primary N) is 1. The van der Waals surface area contributed by atoms with Gasteiger partial charge in [0.2, 0.25) is 27.7 Å². The zero-order chi connectivity index (χ0) is 28.8. The summed E-state index contributed by atoms with van der Waals surface area (Å²) in [5.74, 6) is -2.41. The monoisotopic (exact) mass is 630 g/mol. The van der Waals surface area contributed by atoms with E-state index in [9.17, 15) is 27.6 Å². The van der Waals surface area contributed by atoms with Crippen molar-refractivity contribution < 1.29 is 22.8 Å². The number of aromatic amines is 1. The van der Waals surface area contributed by atoms with Gasteiger partial charge < -0.3 is 10.3 Å². The topological polar surface area (TPSA) is 159 Å². The number of aromatic nitrogens is 1. The first-order chi connectivity index (χ1) is 19.5. The summed E-state index contributed by atoms with van der Waals surface area (Å²) in [4.78, 5) is 57.3. The van der Waals surface area contributed by atoms with Crippen molar-refractivity contribution in [1.29, 1.82) is 0 Å². The molecular formula is C27H23ClN4O6S3. The minimum atomic E-state index is -3.88. The van der Waals surface area contributed by atoms with Crippen molar-refractivity contribution in [2.75, 3.05) is 11.9 Å². The molecule has 2 saturated carbocycles. The summed E-state index contributed by atoms with van der Waals surface area (Å²) in [5, 5.41) is 9.22. The fourth-order valence-corrected chi connectivity index (χ4v) is 10.9. The molecule has 0 spiro atoms. The number of benzene rings is 2. The minimum Gasteiger partial charge on any atom is -0.325 e. The van der Waals surface area contributed by atoms with E-state index in [1.54, 1.807) is 11.8 Å². The number of imide groups is 1. The first-order valence-corrected chi connectivity index (χ1v) is 16.6. The molecule has 212 valence electrons. The first kappa shape index (κ1) is 26.9. The summed E-state index contributed by atoms with van der Waals surface area (Å²) in [6.45, 7) is -0.426. The van der Waals surface area contributed by atoms with Crippen molar-refractivity contribution in [3.63, 3.8) is 0 Å². The van der Waals surface area contributed by atoms with Gasteiger partial charge in [-0.25, -0.2) is 13.6 Å². The fraction of sp³-hybridized carbons (Fsp3) is 0.333. The molecule has 14 heteroatoms. The molecule has 3 amide bonds. The number of hydrogen-bond donors (Lipinski definition) is 3. The number of fused-ring (bicyclic) bond motifs is 9. The van der Waals surface area contributed by atoms with Gasteiger partial charge in [0.1, 0.15) is 6.54 Å². The Morgan fingerprint density at radius 3 is 2.34 bits per heavy atom. The van der Waals surface area contributed by atoms with Gasteiger partial charge in [0, 0.05) is 26.8 Å². The van der Waals surface area contributed by atoms with E-state index in [-0.39, 0.29) is 50.5 Å². The Labute approximate surface area is 247 Å². The van der Waals surface area contributed by atoms with Crippen LogP contribution in [-0.4, -0.2) is 47.8 Å². The van der Waals surface area contributed by atoms with Gasteiger partial charge in [0.25, 0.3) is 0 Å². The highest BCUT2D eigenvalue weighted by molar-refractivity contribution is 8.00. The molecule has 3 fully saturated rings. The van der Waals surface area contributed by atoms with E-state index in [0.717, 1.165) is 26.8 Å². The first-order valence-electron chi connectivity index (χ1n) is 12.9. The highest BCUT2D eigenvalue weighted by Gasteiger charge is 2.69. The van der Waals surface area contributed by atoms with Crippen LogP contribution in [0.1, 0.15) is 22.8 Å². The van der Waals surface area contributed by atoms with E-state index in [0.29, 0.717) is 10.7 Å². The normalized spacial score (nSPS) is 29.8. The number of thiazole rings is 1. The lowest BCUT2D eigenvalue weighted by molar-refractivity contribution is -0.143. The Morgan fingerprint density at radius 2 is 1.68 bits per heavy atom. The van der Waals surface area contributed by atoms with E-state index in [1.165, 1.54) is 35.6 Å². The summed E-state index contributed by atoms with van der Waals surface area (Å²) < 4.78 is 23.0. The van der Waals surface area contributed by atoms with Gasteiger partial charge in [-0.15, -0.1) is 11.8 Å². The largest absolute Gasteiger partial charge is 0.325 e. The molecule has 41 heavy (non-hydrogen) atoms. The third kappa shape index (κ3) is 4.28. The molecular weight excluding hydrogens is 608 g/mol. The number of nitrogens with one attached hydrogen (secondary N) is 2. The second kappa shape index (κ2) is 9.53. The molecule has 0 radical (unpaired) electrons.